The van der Waals surface area contributed by atoms with Gasteiger partial charge >= 0.3 is 0 Å². The van der Waals surface area contributed by atoms with Crippen LogP contribution in [-0.2, 0) is 12.3 Å². The van der Waals surface area contributed by atoms with Crippen molar-refractivity contribution < 1.29 is 0 Å². The number of hydrogen-bond donors (Lipinski definition) is 0. The third kappa shape index (κ3) is 2.79. The van der Waals surface area contributed by atoms with E-state index in [4.69, 9.17) is 0 Å². The Morgan fingerprint density at radius 2 is 1.93 bits per heavy atom. The molecule has 0 aliphatic heterocycles. The first-order valence-electron chi connectivity index (χ1n) is 9.26. The summed E-state index contributed by atoms with van der Waals surface area (Å²) in [5.74, 6) is 2.38. The van der Waals surface area contributed by atoms with Crippen molar-refractivity contribution in [1.82, 2.24) is 38.7 Å². The number of aryl methyl sites for hydroxylation is 3. The van der Waals surface area contributed by atoms with Gasteiger partial charge in [-0.2, -0.15) is 4.98 Å². The molecule has 5 aromatic rings. The Morgan fingerprint density at radius 3 is 2.76 bits per heavy atom. The van der Waals surface area contributed by atoms with E-state index in [2.05, 4.69) is 25.3 Å². The fraction of sp³-hybridized carbons (Fsp3) is 0.263. The largest absolute Gasteiger partial charge is 0.277 e. The van der Waals surface area contributed by atoms with Crippen LogP contribution in [0.3, 0.4) is 0 Å². The van der Waals surface area contributed by atoms with Crippen LogP contribution in [0.15, 0.2) is 40.3 Å². The Bertz CT molecular complexity index is 1450. The molecule has 0 spiro atoms. The summed E-state index contributed by atoms with van der Waals surface area (Å²) in [6.45, 7) is 6.37. The van der Waals surface area contributed by atoms with Crippen LogP contribution in [0.4, 0.5) is 0 Å². The molecule has 1 aromatic carbocycles. The van der Waals surface area contributed by atoms with E-state index in [9.17, 15) is 4.79 Å². The maximum atomic E-state index is 12.8. The number of fused-ring (bicyclic) bond motifs is 4. The minimum Gasteiger partial charge on any atom is -0.277 e. The van der Waals surface area contributed by atoms with Crippen LogP contribution < -0.4 is 5.56 Å². The van der Waals surface area contributed by atoms with E-state index in [-0.39, 0.29) is 5.56 Å². The average molecular weight is 406 g/mol. The Balaban J connectivity index is 1.59. The van der Waals surface area contributed by atoms with Crippen molar-refractivity contribution >= 4 is 34.2 Å². The van der Waals surface area contributed by atoms with Crippen molar-refractivity contribution in [1.29, 1.82) is 0 Å². The fourth-order valence-electron chi connectivity index (χ4n) is 3.53. The van der Waals surface area contributed by atoms with Gasteiger partial charge in [0.05, 0.1) is 16.7 Å². The standard InChI is InChI=1S/C19H18N8OS/c1-4-25-16(28)13-7-5-6-8-14(13)26-15(22-23-19(25)26)10-29-18-21-17-20-11(2)9-12(3)27(17)24-18/h5-9H,4,10H2,1-3H3. The van der Waals surface area contributed by atoms with E-state index >= 15 is 0 Å². The summed E-state index contributed by atoms with van der Waals surface area (Å²) in [6.07, 6.45) is 0. The molecular weight excluding hydrogens is 388 g/mol. The molecule has 29 heavy (non-hydrogen) atoms. The van der Waals surface area contributed by atoms with Crippen LogP contribution in [0.2, 0.25) is 0 Å². The van der Waals surface area contributed by atoms with Gasteiger partial charge in [-0.3, -0.25) is 13.8 Å². The highest BCUT2D eigenvalue weighted by Crippen LogP contribution is 2.22. The Hall–Kier alpha value is -3.27. The van der Waals surface area contributed by atoms with Gasteiger partial charge in [-0.15, -0.1) is 15.3 Å². The number of hydrogen-bond acceptors (Lipinski definition) is 7. The summed E-state index contributed by atoms with van der Waals surface area (Å²) in [5, 5.41) is 14.4. The average Bonchev–Trinajstić information content (AvgIpc) is 3.31. The van der Waals surface area contributed by atoms with Crippen molar-refractivity contribution in [3.8, 4) is 0 Å². The summed E-state index contributed by atoms with van der Waals surface area (Å²) >= 11 is 1.47. The second kappa shape index (κ2) is 6.66. The van der Waals surface area contributed by atoms with Crippen molar-refractivity contribution in [3.05, 3.63) is 57.9 Å². The predicted octanol–water partition coefficient (Wildman–Crippen LogP) is 2.41. The van der Waals surface area contributed by atoms with Gasteiger partial charge in [0.1, 0.15) is 5.82 Å². The van der Waals surface area contributed by atoms with Crippen molar-refractivity contribution in [2.45, 2.75) is 38.2 Å². The Labute approximate surface area is 169 Å². The molecule has 0 bridgehead atoms. The SMILES string of the molecule is CCn1c(=O)c2ccccc2n2c(CSc3nc4nc(C)cc(C)n4n3)nnc12. The van der Waals surface area contributed by atoms with Gasteiger partial charge in [-0.25, -0.2) is 9.50 Å². The Kier molecular flexibility index (Phi) is 4.09. The molecule has 0 aliphatic rings. The third-order valence-corrected chi connectivity index (χ3v) is 5.65. The highest BCUT2D eigenvalue weighted by atomic mass is 32.2. The molecule has 0 radical (unpaired) electrons. The summed E-state index contributed by atoms with van der Waals surface area (Å²) < 4.78 is 5.32. The molecule has 10 heteroatoms. The molecule has 0 amide bonds. The molecule has 4 heterocycles. The van der Waals surface area contributed by atoms with Gasteiger partial charge in [-0.05, 0) is 39.0 Å². The van der Waals surface area contributed by atoms with Gasteiger partial charge < -0.3 is 0 Å². The summed E-state index contributed by atoms with van der Waals surface area (Å²) in [5.41, 5.74) is 2.64. The van der Waals surface area contributed by atoms with E-state index in [0.717, 1.165) is 22.7 Å². The highest BCUT2D eigenvalue weighted by Gasteiger charge is 2.17. The molecule has 0 saturated heterocycles. The lowest BCUT2D eigenvalue weighted by molar-refractivity contribution is 0.735. The number of aromatic nitrogens is 8. The predicted molar refractivity (Wildman–Crippen MR) is 110 cm³/mol. The van der Waals surface area contributed by atoms with E-state index in [1.165, 1.54) is 11.8 Å². The lowest BCUT2D eigenvalue weighted by Gasteiger charge is -2.09. The van der Waals surface area contributed by atoms with Gasteiger partial charge in [0, 0.05) is 17.9 Å². The molecule has 9 nitrogen and oxygen atoms in total. The monoisotopic (exact) mass is 406 g/mol. The molecule has 4 aromatic heterocycles. The van der Waals surface area contributed by atoms with Crippen molar-refractivity contribution in [2.75, 3.05) is 0 Å². The maximum absolute atomic E-state index is 12.8. The lowest BCUT2D eigenvalue weighted by Crippen LogP contribution is -2.22. The minimum atomic E-state index is -0.0545. The number of rotatable bonds is 4. The second-order valence-corrected chi connectivity index (χ2v) is 7.69. The van der Waals surface area contributed by atoms with Crippen LogP contribution in [-0.4, -0.2) is 38.7 Å². The molecular formula is C19H18N8OS. The lowest BCUT2D eigenvalue weighted by atomic mass is 10.2. The van der Waals surface area contributed by atoms with Crippen LogP contribution in [0, 0.1) is 13.8 Å². The number of thioether (sulfide) groups is 1. The number of benzene rings is 1. The van der Waals surface area contributed by atoms with E-state index in [1.54, 1.807) is 9.08 Å². The van der Waals surface area contributed by atoms with E-state index in [0.29, 0.717) is 34.4 Å². The normalized spacial score (nSPS) is 11.8. The van der Waals surface area contributed by atoms with Crippen molar-refractivity contribution in [3.63, 3.8) is 0 Å². The van der Waals surface area contributed by atoms with Crippen LogP contribution in [0.25, 0.3) is 22.5 Å². The van der Waals surface area contributed by atoms with Crippen LogP contribution in [0.5, 0.6) is 0 Å². The first-order chi connectivity index (χ1) is 14.1. The zero-order valence-electron chi connectivity index (χ0n) is 16.2. The number of nitrogens with zero attached hydrogens (tertiary/aromatic N) is 8. The van der Waals surface area contributed by atoms with Crippen LogP contribution in [0.1, 0.15) is 24.1 Å². The van der Waals surface area contributed by atoms with E-state index in [1.807, 2.05) is 55.5 Å². The highest BCUT2D eigenvalue weighted by molar-refractivity contribution is 7.98. The molecule has 0 saturated carbocycles. The second-order valence-electron chi connectivity index (χ2n) is 6.75. The summed E-state index contributed by atoms with van der Waals surface area (Å²) in [7, 11) is 0. The topological polar surface area (TPSA) is 95.3 Å². The third-order valence-electron chi connectivity index (χ3n) is 4.82. The zero-order chi connectivity index (χ0) is 20.1. The fourth-order valence-corrected chi connectivity index (χ4v) is 4.26. The molecule has 0 aliphatic carbocycles. The minimum absolute atomic E-state index is 0.0545. The van der Waals surface area contributed by atoms with Crippen molar-refractivity contribution in [2.24, 2.45) is 0 Å². The molecule has 0 unspecified atom stereocenters. The van der Waals surface area contributed by atoms with Gasteiger partial charge in [-0.1, -0.05) is 23.9 Å². The van der Waals surface area contributed by atoms with Crippen LogP contribution >= 0.6 is 11.8 Å². The zero-order valence-corrected chi connectivity index (χ0v) is 17.0. The summed E-state index contributed by atoms with van der Waals surface area (Å²) in [4.78, 5) is 21.7. The number of para-hydroxylation sites is 1. The first-order valence-corrected chi connectivity index (χ1v) is 10.2. The smallest absolute Gasteiger partial charge is 0.262 e. The first kappa shape index (κ1) is 17.8. The van der Waals surface area contributed by atoms with Gasteiger partial charge in [0.2, 0.25) is 10.9 Å². The van der Waals surface area contributed by atoms with Gasteiger partial charge in [0.25, 0.3) is 11.3 Å². The molecule has 0 fully saturated rings. The quantitative estimate of drug-likeness (QED) is 0.423. The molecule has 146 valence electrons. The van der Waals surface area contributed by atoms with Gasteiger partial charge in [0.15, 0.2) is 0 Å². The van der Waals surface area contributed by atoms with E-state index < -0.39 is 0 Å². The molecule has 5 rings (SSSR count). The Morgan fingerprint density at radius 1 is 1.10 bits per heavy atom. The molecule has 0 N–H and O–H groups in total. The summed E-state index contributed by atoms with van der Waals surface area (Å²) in [6, 6.07) is 9.50. The maximum Gasteiger partial charge on any atom is 0.262 e. The molecule has 0 atom stereocenters.